The molecular weight excluding hydrogens is 209 g/mol. The van der Waals surface area contributed by atoms with E-state index in [-0.39, 0.29) is 4.88 Å². The van der Waals surface area contributed by atoms with E-state index in [4.69, 9.17) is 0 Å². The van der Waals surface area contributed by atoms with Crippen LogP contribution in [0.4, 0.5) is 13.2 Å². The first-order valence-corrected chi connectivity index (χ1v) is 4.88. The number of fused-ring (bicyclic) bond motifs is 1. The fourth-order valence-electron chi connectivity index (χ4n) is 1.35. The first-order valence-electron chi connectivity index (χ1n) is 4.06. The number of benzene rings is 1. The van der Waals surface area contributed by atoms with E-state index in [1.807, 2.05) is 0 Å². The monoisotopic (exact) mass is 216 g/mol. The molecule has 0 saturated heterocycles. The Morgan fingerprint density at radius 2 is 2.00 bits per heavy atom. The van der Waals surface area contributed by atoms with Crippen LogP contribution in [0.3, 0.4) is 0 Å². The molecule has 0 nitrogen and oxygen atoms in total. The van der Waals surface area contributed by atoms with Crippen molar-refractivity contribution in [2.45, 2.75) is 13.3 Å². The minimum Gasteiger partial charge on any atom is -0.205 e. The minimum atomic E-state index is -2.52. The second-order valence-corrected chi connectivity index (χ2v) is 4.14. The standard InChI is InChI=1S/C10H7F3S/c1-5-2-3-7(11)9-6(5)4-8(14-9)10(12)13/h2-4,10H,1H3. The zero-order valence-electron chi connectivity index (χ0n) is 7.35. The van der Waals surface area contributed by atoms with E-state index >= 15 is 0 Å². The summed E-state index contributed by atoms with van der Waals surface area (Å²) in [5.41, 5.74) is 0.824. The average molecular weight is 216 g/mol. The van der Waals surface area contributed by atoms with Crippen LogP contribution in [-0.4, -0.2) is 0 Å². The van der Waals surface area contributed by atoms with Crippen LogP contribution >= 0.6 is 11.3 Å². The maximum Gasteiger partial charge on any atom is 0.272 e. The fourth-order valence-corrected chi connectivity index (χ4v) is 2.35. The van der Waals surface area contributed by atoms with Crippen LogP contribution in [0.1, 0.15) is 16.9 Å². The van der Waals surface area contributed by atoms with Crippen LogP contribution in [0, 0.1) is 12.7 Å². The van der Waals surface area contributed by atoms with Gasteiger partial charge < -0.3 is 0 Å². The zero-order chi connectivity index (χ0) is 10.3. The van der Waals surface area contributed by atoms with Gasteiger partial charge in [-0.2, -0.15) is 0 Å². The molecule has 0 amide bonds. The molecule has 0 atom stereocenters. The molecule has 0 spiro atoms. The summed E-state index contributed by atoms with van der Waals surface area (Å²) in [6, 6.07) is 4.27. The zero-order valence-corrected chi connectivity index (χ0v) is 8.17. The molecule has 0 aliphatic rings. The van der Waals surface area contributed by atoms with Crippen LogP contribution in [0.2, 0.25) is 0 Å². The summed E-state index contributed by atoms with van der Waals surface area (Å²) in [7, 11) is 0. The normalized spacial score (nSPS) is 11.5. The van der Waals surface area contributed by atoms with Crippen LogP contribution in [0.25, 0.3) is 10.1 Å². The van der Waals surface area contributed by atoms with Gasteiger partial charge >= 0.3 is 0 Å². The molecule has 1 heterocycles. The van der Waals surface area contributed by atoms with Crippen LogP contribution in [-0.2, 0) is 0 Å². The largest absolute Gasteiger partial charge is 0.272 e. The third-order valence-corrected chi connectivity index (χ3v) is 3.24. The molecule has 14 heavy (non-hydrogen) atoms. The van der Waals surface area contributed by atoms with Crippen molar-refractivity contribution in [1.29, 1.82) is 0 Å². The number of halogens is 3. The molecule has 0 N–H and O–H groups in total. The molecule has 0 bridgehead atoms. The fraction of sp³-hybridized carbons (Fsp3) is 0.200. The molecule has 0 unspecified atom stereocenters. The first-order chi connectivity index (χ1) is 6.59. The molecule has 1 aromatic carbocycles. The molecule has 0 radical (unpaired) electrons. The van der Waals surface area contributed by atoms with E-state index < -0.39 is 12.2 Å². The molecule has 0 fully saturated rings. The smallest absolute Gasteiger partial charge is 0.205 e. The number of hydrogen-bond donors (Lipinski definition) is 0. The molecule has 0 saturated carbocycles. The van der Waals surface area contributed by atoms with Gasteiger partial charge in [0.15, 0.2) is 0 Å². The third-order valence-electron chi connectivity index (χ3n) is 2.09. The van der Waals surface area contributed by atoms with Gasteiger partial charge in [0.25, 0.3) is 6.43 Å². The van der Waals surface area contributed by atoms with Crippen LogP contribution in [0.5, 0.6) is 0 Å². The van der Waals surface area contributed by atoms with E-state index in [1.165, 1.54) is 12.1 Å². The highest BCUT2D eigenvalue weighted by Gasteiger charge is 2.14. The Balaban J connectivity index is 2.75. The summed E-state index contributed by atoms with van der Waals surface area (Å²) < 4.78 is 38.2. The number of rotatable bonds is 1. The Bertz CT molecular complexity index is 434. The van der Waals surface area contributed by atoms with Crippen molar-refractivity contribution in [3.05, 3.63) is 34.5 Å². The van der Waals surface area contributed by atoms with E-state index in [2.05, 4.69) is 0 Å². The topological polar surface area (TPSA) is 0 Å². The van der Waals surface area contributed by atoms with Crippen LogP contribution in [0.15, 0.2) is 18.2 Å². The summed E-state index contributed by atoms with van der Waals surface area (Å²) in [5.74, 6) is -0.428. The maximum atomic E-state index is 13.2. The highest BCUT2D eigenvalue weighted by Crippen LogP contribution is 2.35. The van der Waals surface area contributed by atoms with Gasteiger partial charge in [-0.3, -0.25) is 0 Å². The van der Waals surface area contributed by atoms with Crippen molar-refractivity contribution in [2.24, 2.45) is 0 Å². The van der Waals surface area contributed by atoms with E-state index in [0.29, 0.717) is 10.1 Å². The second kappa shape index (κ2) is 3.28. The summed E-state index contributed by atoms with van der Waals surface area (Å²) in [5, 5.41) is 0.588. The van der Waals surface area contributed by atoms with Crippen molar-refractivity contribution in [2.75, 3.05) is 0 Å². The van der Waals surface area contributed by atoms with Gasteiger partial charge in [-0.05, 0) is 30.0 Å². The Hall–Kier alpha value is -1.03. The lowest BCUT2D eigenvalue weighted by atomic mass is 10.1. The van der Waals surface area contributed by atoms with Gasteiger partial charge in [0.05, 0.1) is 9.58 Å². The van der Waals surface area contributed by atoms with Gasteiger partial charge in [-0.1, -0.05) is 6.07 Å². The van der Waals surface area contributed by atoms with Gasteiger partial charge in [0.1, 0.15) is 5.82 Å². The van der Waals surface area contributed by atoms with Gasteiger partial charge in [0.2, 0.25) is 0 Å². The average Bonchev–Trinajstić information content (AvgIpc) is 2.57. The lowest BCUT2D eigenvalue weighted by molar-refractivity contribution is 0.156. The van der Waals surface area contributed by atoms with Crippen molar-refractivity contribution in [3.8, 4) is 0 Å². The van der Waals surface area contributed by atoms with E-state index in [9.17, 15) is 13.2 Å². The molecule has 0 aliphatic carbocycles. The highest BCUT2D eigenvalue weighted by molar-refractivity contribution is 7.19. The Labute approximate surface area is 83.0 Å². The molecule has 74 valence electrons. The first kappa shape index (κ1) is 9.52. The van der Waals surface area contributed by atoms with Gasteiger partial charge in [-0.25, -0.2) is 13.2 Å². The second-order valence-electron chi connectivity index (χ2n) is 3.06. The van der Waals surface area contributed by atoms with Crippen molar-refractivity contribution >= 4 is 21.4 Å². The van der Waals surface area contributed by atoms with Crippen LogP contribution < -0.4 is 0 Å². The van der Waals surface area contributed by atoms with Gasteiger partial charge in [-0.15, -0.1) is 11.3 Å². The summed E-state index contributed by atoms with van der Waals surface area (Å²) >= 11 is 0.821. The maximum absolute atomic E-state index is 13.2. The number of aryl methyl sites for hydroxylation is 1. The van der Waals surface area contributed by atoms with Crippen molar-refractivity contribution in [1.82, 2.24) is 0 Å². The van der Waals surface area contributed by atoms with E-state index in [1.54, 1.807) is 13.0 Å². The predicted octanol–water partition coefficient (Wildman–Crippen LogP) is 4.29. The lowest BCUT2D eigenvalue weighted by Crippen LogP contribution is -1.76. The molecule has 0 aliphatic heterocycles. The number of hydrogen-bond acceptors (Lipinski definition) is 1. The molecule has 1 aromatic heterocycles. The highest BCUT2D eigenvalue weighted by atomic mass is 32.1. The lowest BCUT2D eigenvalue weighted by Gasteiger charge is -1.94. The van der Waals surface area contributed by atoms with E-state index in [0.717, 1.165) is 16.9 Å². The Kier molecular flexibility index (Phi) is 2.23. The van der Waals surface area contributed by atoms with Gasteiger partial charge in [0, 0.05) is 0 Å². The summed E-state index contributed by atoms with van der Waals surface area (Å²) in [6.07, 6.45) is -2.52. The van der Waals surface area contributed by atoms with Crippen molar-refractivity contribution < 1.29 is 13.2 Å². The van der Waals surface area contributed by atoms with Crippen molar-refractivity contribution in [3.63, 3.8) is 0 Å². The SMILES string of the molecule is Cc1ccc(F)c2sc(C(F)F)cc12. The summed E-state index contributed by atoms with van der Waals surface area (Å²) in [4.78, 5) is -0.0757. The number of thiophene rings is 1. The number of alkyl halides is 2. The predicted molar refractivity (Wildman–Crippen MR) is 51.5 cm³/mol. The third kappa shape index (κ3) is 1.39. The minimum absolute atomic E-state index is 0.0757. The Morgan fingerprint density at radius 3 is 2.57 bits per heavy atom. The summed E-state index contributed by atoms with van der Waals surface area (Å²) in [6.45, 7) is 1.78. The molecule has 4 heteroatoms. The quantitative estimate of drug-likeness (QED) is 0.667. The molecular formula is C10H7F3S. The molecule has 2 rings (SSSR count). The molecule has 2 aromatic rings. The Morgan fingerprint density at radius 1 is 1.29 bits per heavy atom.